The summed E-state index contributed by atoms with van der Waals surface area (Å²) in [6.07, 6.45) is 0.772. The van der Waals surface area contributed by atoms with E-state index < -0.39 is 15.9 Å². The van der Waals surface area contributed by atoms with E-state index in [4.69, 9.17) is 0 Å². The highest BCUT2D eigenvalue weighted by Gasteiger charge is 2.31. The largest absolute Gasteiger partial charge is 0.342 e. The number of thioether (sulfide) groups is 1. The van der Waals surface area contributed by atoms with Crippen molar-refractivity contribution in [2.24, 2.45) is 0 Å². The van der Waals surface area contributed by atoms with Crippen molar-refractivity contribution < 1.29 is 18.0 Å². The Hall–Kier alpha value is -1.88. The van der Waals surface area contributed by atoms with Crippen molar-refractivity contribution in [3.63, 3.8) is 0 Å². The van der Waals surface area contributed by atoms with Crippen LogP contribution in [0.5, 0.6) is 0 Å². The van der Waals surface area contributed by atoms with Gasteiger partial charge in [-0.1, -0.05) is 25.1 Å². The number of benzene rings is 1. The van der Waals surface area contributed by atoms with Crippen LogP contribution in [0.3, 0.4) is 0 Å². The number of carbonyl (C=O) groups excluding carboxylic acids is 2. The number of nitrogens with one attached hydrogen (secondary N) is 2. The maximum absolute atomic E-state index is 12.9. The molecule has 10 heteroatoms. The lowest BCUT2D eigenvalue weighted by Gasteiger charge is -2.25. The van der Waals surface area contributed by atoms with Crippen LogP contribution < -0.4 is 10.6 Å². The van der Waals surface area contributed by atoms with Crippen LogP contribution in [0.2, 0.25) is 0 Å². The van der Waals surface area contributed by atoms with Crippen LogP contribution in [0.4, 0.5) is 5.69 Å². The molecule has 2 heterocycles. The van der Waals surface area contributed by atoms with Crippen LogP contribution in [0.1, 0.15) is 22.2 Å². The van der Waals surface area contributed by atoms with Gasteiger partial charge >= 0.3 is 0 Å². The van der Waals surface area contributed by atoms with Gasteiger partial charge in [0, 0.05) is 30.3 Å². The molecule has 1 fully saturated rings. The molecule has 1 aliphatic heterocycles. The Labute approximate surface area is 178 Å². The number of hydrogen-bond acceptors (Lipinski definition) is 6. The van der Waals surface area contributed by atoms with Crippen molar-refractivity contribution in [1.82, 2.24) is 9.62 Å². The predicted octanol–water partition coefficient (Wildman–Crippen LogP) is 2.42. The fourth-order valence-electron chi connectivity index (χ4n) is 2.98. The van der Waals surface area contributed by atoms with Crippen LogP contribution in [-0.2, 0) is 21.2 Å². The summed E-state index contributed by atoms with van der Waals surface area (Å²) < 4.78 is 27.2. The first-order valence-corrected chi connectivity index (χ1v) is 12.7. The minimum Gasteiger partial charge on any atom is -0.342 e. The van der Waals surface area contributed by atoms with Crippen LogP contribution in [0.15, 0.2) is 40.6 Å². The minimum absolute atomic E-state index is 0.00337. The number of rotatable bonds is 7. The van der Waals surface area contributed by atoms with E-state index in [0.717, 1.165) is 34.8 Å². The summed E-state index contributed by atoms with van der Waals surface area (Å²) in [5.41, 5.74) is 1.70. The second-order valence-corrected chi connectivity index (χ2v) is 10.4. The molecule has 3 rings (SSSR count). The summed E-state index contributed by atoms with van der Waals surface area (Å²) in [5.74, 6) is 0.548. The zero-order valence-corrected chi connectivity index (χ0v) is 18.5. The highest BCUT2D eigenvalue weighted by atomic mass is 32.2. The lowest BCUT2D eigenvalue weighted by Crippen LogP contribution is -2.39. The lowest BCUT2D eigenvalue weighted by molar-refractivity contribution is -0.115. The predicted molar refractivity (Wildman–Crippen MR) is 117 cm³/mol. The van der Waals surface area contributed by atoms with E-state index in [-0.39, 0.29) is 22.2 Å². The smallest absolute Gasteiger partial charge is 0.263 e. The summed E-state index contributed by atoms with van der Waals surface area (Å²) in [5, 5.41) is 6.89. The van der Waals surface area contributed by atoms with E-state index in [1.807, 2.05) is 25.1 Å². The van der Waals surface area contributed by atoms with Crippen molar-refractivity contribution in [2.45, 2.75) is 18.2 Å². The van der Waals surface area contributed by atoms with Gasteiger partial charge in [-0.15, -0.1) is 11.3 Å². The molecule has 0 saturated carbocycles. The molecule has 29 heavy (non-hydrogen) atoms. The SMILES string of the molecule is CCc1ccccc1NC(=O)CNC(=O)c1sccc1S(=O)(=O)N1CCSCC1. The Kier molecular flexibility index (Phi) is 7.33. The van der Waals surface area contributed by atoms with Gasteiger partial charge in [-0.3, -0.25) is 9.59 Å². The third-order valence-electron chi connectivity index (χ3n) is 4.51. The van der Waals surface area contributed by atoms with Crippen molar-refractivity contribution in [1.29, 1.82) is 0 Å². The molecule has 0 unspecified atom stereocenters. The number of hydrogen-bond donors (Lipinski definition) is 2. The Morgan fingerprint density at radius 1 is 1.14 bits per heavy atom. The van der Waals surface area contributed by atoms with Gasteiger partial charge in [0.2, 0.25) is 15.9 Å². The molecule has 1 aromatic heterocycles. The molecule has 7 nitrogen and oxygen atoms in total. The number of amides is 2. The third-order valence-corrected chi connectivity index (χ3v) is 8.43. The molecular formula is C19H23N3O4S3. The van der Waals surface area contributed by atoms with Crippen LogP contribution in [0, 0.1) is 0 Å². The quantitative estimate of drug-likeness (QED) is 0.671. The van der Waals surface area contributed by atoms with Gasteiger partial charge in [-0.05, 0) is 29.5 Å². The Balaban J connectivity index is 1.65. The van der Waals surface area contributed by atoms with Crippen molar-refractivity contribution in [3.8, 4) is 0 Å². The van der Waals surface area contributed by atoms with Gasteiger partial charge < -0.3 is 10.6 Å². The summed E-state index contributed by atoms with van der Waals surface area (Å²) in [7, 11) is -3.72. The Morgan fingerprint density at radius 2 is 1.86 bits per heavy atom. The number of para-hydroxylation sites is 1. The lowest BCUT2D eigenvalue weighted by atomic mass is 10.1. The maximum Gasteiger partial charge on any atom is 0.263 e. The average Bonchev–Trinajstić information content (AvgIpc) is 3.24. The molecule has 1 aliphatic rings. The molecule has 1 aromatic carbocycles. The molecule has 0 atom stereocenters. The highest BCUT2D eigenvalue weighted by molar-refractivity contribution is 7.99. The van der Waals surface area contributed by atoms with Crippen LogP contribution >= 0.6 is 23.1 Å². The van der Waals surface area contributed by atoms with Crippen molar-refractivity contribution in [2.75, 3.05) is 36.5 Å². The van der Waals surface area contributed by atoms with E-state index in [9.17, 15) is 18.0 Å². The molecule has 0 spiro atoms. The summed E-state index contributed by atoms with van der Waals surface area (Å²) in [4.78, 5) is 24.9. The third kappa shape index (κ3) is 5.19. The number of thiophene rings is 1. The molecule has 2 N–H and O–H groups in total. The molecule has 0 bridgehead atoms. The number of anilines is 1. The van der Waals surface area contributed by atoms with Gasteiger partial charge in [-0.25, -0.2) is 8.42 Å². The molecular weight excluding hydrogens is 430 g/mol. The zero-order valence-electron chi connectivity index (χ0n) is 16.0. The molecule has 0 radical (unpaired) electrons. The molecule has 0 aliphatic carbocycles. The summed E-state index contributed by atoms with van der Waals surface area (Å²) in [6, 6.07) is 8.91. The van der Waals surface area contributed by atoms with Gasteiger partial charge in [0.15, 0.2) is 0 Å². The van der Waals surface area contributed by atoms with E-state index in [1.165, 1.54) is 10.4 Å². The van der Waals surface area contributed by atoms with Gasteiger partial charge in [0.25, 0.3) is 5.91 Å². The second kappa shape index (κ2) is 9.75. The average molecular weight is 454 g/mol. The second-order valence-electron chi connectivity index (χ2n) is 6.37. The molecule has 156 valence electrons. The van der Waals surface area contributed by atoms with Crippen molar-refractivity contribution in [3.05, 3.63) is 46.2 Å². The Bertz CT molecular complexity index is 982. The van der Waals surface area contributed by atoms with Crippen LogP contribution in [-0.4, -0.2) is 55.7 Å². The van der Waals surface area contributed by atoms with E-state index in [1.54, 1.807) is 23.2 Å². The number of sulfonamides is 1. The highest BCUT2D eigenvalue weighted by Crippen LogP contribution is 2.27. The fourth-order valence-corrected chi connectivity index (χ4v) is 6.87. The van der Waals surface area contributed by atoms with Crippen molar-refractivity contribution >= 4 is 50.6 Å². The van der Waals surface area contributed by atoms with Gasteiger partial charge in [0.05, 0.1) is 6.54 Å². The van der Waals surface area contributed by atoms with E-state index >= 15 is 0 Å². The topological polar surface area (TPSA) is 95.6 Å². The molecule has 1 saturated heterocycles. The standard InChI is InChI=1S/C19H23N3O4S3/c1-2-14-5-3-4-6-15(14)21-17(23)13-20-19(24)18-16(7-10-28-18)29(25,26)22-8-11-27-12-9-22/h3-7,10H,2,8-9,11-13H2,1H3,(H,20,24)(H,21,23). The molecule has 2 amide bonds. The number of aryl methyl sites for hydroxylation is 1. The van der Waals surface area contributed by atoms with E-state index in [2.05, 4.69) is 10.6 Å². The monoisotopic (exact) mass is 453 g/mol. The number of nitrogens with zero attached hydrogens (tertiary/aromatic N) is 1. The number of carbonyl (C=O) groups is 2. The van der Waals surface area contributed by atoms with Gasteiger partial charge in [0.1, 0.15) is 9.77 Å². The fraction of sp³-hybridized carbons (Fsp3) is 0.368. The van der Waals surface area contributed by atoms with Gasteiger partial charge in [-0.2, -0.15) is 16.1 Å². The summed E-state index contributed by atoms with van der Waals surface area (Å²) in [6.45, 7) is 2.62. The Morgan fingerprint density at radius 3 is 2.59 bits per heavy atom. The first-order valence-electron chi connectivity index (χ1n) is 9.25. The maximum atomic E-state index is 12.9. The molecule has 2 aromatic rings. The normalized spacial score (nSPS) is 15.1. The first-order chi connectivity index (χ1) is 13.9. The van der Waals surface area contributed by atoms with Crippen LogP contribution in [0.25, 0.3) is 0 Å². The summed E-state index contributed by atoms with van der Waals surface area (Å²) >= 11 is 2.77. The zero-order chi connectivity index (χ0) is 20.9. The van der Waals surface area contributed by atoms with E-state index in [0.29, 0.717) is 18.8 Å². The minimum atomic E-state index is -3.72. The first kappa shape index (κ1) is 21.8.